The maximum absolute atomic E-state index is 9.99. The standard InChI is InChI=1S/C21H38O2/c1-6-19(4,5)18(23-22)21(7-2,8-3)20-12-15-9-16(13-20)11-17(10-15)14-20/h15-18,22H,6-14H2,1-5H3. The Hall–Kier alpha value is -0.0800. The Morgan fingerprint density at radius 3 is 1.65 bits per heavy atom. The molecular formula is C21H38O2. The normalized spacial score (nSPS) is 38.1. The molecule has 0 radical (unpaired) electrons. The summed E-state index contributed by atoms with van der Waals surface area (Å²) in [6.45, 7) is 11.5. The molecule has 0 aliphatic heterocycles. The van der Waals surface area contributed by atoms with Crippen molar-refractivity contribution in [2.24, 2.45) is 34.0 Å². The van der Waals surface area contributed by atoms with Crippen molar-refractivity contribution in [3.05, 3.63) is 0 Å². The Morgan fingerprint density at radius 1 is 0.913 bits per heavy atom. The van der Waals surface area contributed by atoms with E-state index >= 15 is 0 Å². The van der Waals surface area contributed by atoms with Crippen LogP contribution in [0.5, 0.6) is 0 Å². The highest BCUT2D eigenvalue weighted by molar-refractivity contribution is 5.12. The smallest absolute Gasteiger partial charge is 0.104 e. The zero-order valence-corrected chi connectivity index (χ0v) is 16.0. The fraction of sp³-hybridized carbons (Fsp3) is 1.00. The highest BCUT2D eigenvalue weighted by atomic mass is 17.1. The monoisotopic (exact) mass is 322 g/mol. The molecule has 4 bridgehead atoms. The van der Waals surface area contributed by atoms with Crippen LogP contribution in [0.25, 0.3) is 0 Å². The molecule has 4 rings (SSSR count). The highest BCUT2D eigenvalue weighted by Crippen LogP contribution is 2.70. The third-order valence-electron chi connectivity index (χ3n) is 8.58. The van der Waals surface area contributed by atoms with Gasteiger partial charge in [-0.3, -0.25) is 5.26 Å². The molecule has 23 heavy (non-hydrogen) atoms. The fourth-order valence-corrected chi connectivity index (χ4v) is 7.55. The zero-order valence-electron chi connectivity index (χ0n) is 16.0. The third-order valence-corrected chi connectivity index (χ3v) is 8.58. The molecule has 0 aromatic rings. The zero-order chi connectivity index (χ0) is 16.9. The molecule has 0 aromatic carbocycles. The molecule has 1 N–H and O–H groups in total. The van der Waals surface area contributed by atoms with Gasteiger partial charge in [-0.05, 0) is 86.4 Å². The van der Waals surface area contributed by atoms with Crippen LogP contribution in [-0.2, 0) is 4.89 Å². The first-order valence-corrected chi connectivity index (χ1v) is 10.2. The van der Waals surface area contributed by atoms with Crippen LogP contribution < -0.4 is 0 Å². The van der Waals surface area contributed by atoms with Gasteiger partial charge in [-0.15, -0.1) is 0 Å². The van der Waals surface area contributed by atoms with Gasteiger partial charge in [-0.1, -0.05) is 34.6 Å². The van der Waals surface area contributed by atoms with Gasteiger partial charge in [0.2, 0.25) is 0 Å². The van der Waals surface area contributed by atoms with Gasteiger partial charge in [-0.2, -0.15) is 0 Å². The summed E-state index contributed by atoms with van der Waals surface area (Å²) in [6, 6.07) is 0. The Kier molecular flexibility index (Phi) is 4.64. The number of hydrogen-bond acceptors (Lipinski definition) is 2. The van der Waals surface area contributed by atoms with E-state index in [2.05, 4.69) is 34.6 Å². The van der Waals surface area contributed by atoms with Gasteiger partial charge < -0.3 is 0 Å². The second-order valence-corrected chi connectivity index (χ2v) is 9.89. The van der Waals surface area contributed by atoms with E-state index in [1.165, 1.54) is 38.5 Å². The molecule has 0 heterocycles. The Bertz CT molecular complexity index is 386. The molecule has 0 amide bonds. The van der Waals surface area contributed by atoms with Gasteiger partial charge in [-0.25, -0.2) is 4.89 Å². The van der Waals surface area contributed by atoms with Crippen molar-refractivity contribution >= 4 is 0 Å². The maximum atomic E-state index is 9.99. The molecule has 4 saturated carbocycles. The van der Waals surface area contributed by atoms with Crippen LogP contribution in [-0.4, -0.2) is 11.4 Å². The van der Waals surface area contributed by atoms with E-state index in [0.717, 1.165) is 37.0 Å². The summed E-state index contributed by atoms with van der Waals surface area (Å²) in [5.74, 6) is 2.84. The lowest BCUT2D eigenvalue weighted by Crippen LogP contribution is -2.61. The van der Waals surface area contributed by atoms with Crippen molar-refractivity contribution in [2.45, 2.75) is 98.5 Å². The van der Waals surface area contributed by atoms with Gasteiger partial charge in [0.1, 0.15) is 6.10 Å². The summed E-state index contributed by atoms with van der Waals surface area (Å²) in [6.07, 6.45) is 11.9. The number of rotatable bonds is 7. The summed E-state index contributed by atoms with van der Waals surface area (Å²) < 4.78 is 0. The van der Waals surface area contributed by atoms with Gasteiger partial charge in [0, 0.05) is 5.41 Å². The minimum Gasteiger partial charge on any atom is -0.251 e. The average molecular weight is 323 g/mol. The van der Waals surface area contributed by atoms with Crippen LogP contribution in [0.3, 0.4) is 0 Å². The van der Waals surface area contributed by atoms with E-state index < -0.39 is 0 Å². The van der Waals surface area contributed by atoms with E-state index in [0.29, 0.717) is 5.41 Å². The minimum atomic E-state index is -0.0498. The summed E-state index contributed by atoms with van der Waals surface area (Å²) in [4.78, 5) is 5.34. The lowest BCUT2D eigenvalue weighted by molar-refractivity contribution is -0.352. The van der Waals surface area contributed by atoms with E-state index in [9.17, 15) is 5.26 Å². The first kappa shape index (κ1) is 17.7. The van der Waals surface area contributed by atoms with Crippen molar-refractivity contribution in [1.29, 1.82) is 0 Å². The largest absolute Gasteiger partial charge is 0.251 e. The first-order valence-electron chi connectivity index (χ1n) is 10.2. The Balaban J connectivity index is 2.03. The van der Waals surface area contributed by atoms with Gasteiger partial charge in [0.05, 0.1) is 0 Å². The molecule has 0 spiro atoms. The van der Waals surface area contributed by atoms with Crippen LogP contribution in [0.4, 0.5) is 0 Å². The molecule has 2 heteroatoms. The lowest BCUT2D eigenvalue weighted by atomic mass is 9.39. The van der Waals surface area contributed by atoms with Crippen LogP contribution in [0.2, 0.25) is 0 Å². The van der Waals surface area contributed by atoms with Crippen LogP contribution >= 0.6 is 0 Å². The highest BCUT2D eigenvalue weighted by Gasteiger charge is 2.63. The third kappa shape index (κ3) is 2.51. The molecule has 4 aliphatic rings. The molecule has 1 atom stereocenters. The molecule has 4 fully saturated rings. The molecule has 0 saturated heterocycles. The van der Waals surface area contributed by atoms with Crippen molar-refractivity contribution in [1.82, 2.24) is 0 Å². The van der Waals surface area contributed by atoms with Crippen LogP contribution in [0.1, 0.15) is 92.4 Å². The maximum Gasteiger partial charge on any atom is 0.104 e. The molecule has 2 nitrogen and oxygen atoms in total. The summed E-state index contributed by atoms with van der Waals surface area (Å²) in [7, 11) is 0. The second kappa shape index (κ2) is 6.02. The summed E-state index contributed by atoms with van der Waals surface area (Å²) in [5, 5.41) is 9.99. The molecular weight excluding hydrogens is 284 g/mol. The van der Waals surface area contributed by atoms with E-state index in [4.69, 9.17) is 4.89 Å². The predicted octanol–water partition coefficient (Wildman–Crippen LogP) is 6.30. The van der Waals surface area contributed by atoms with E-state index in [1.54, 1.807) is 0 Å². The number of hydrogen-bond donors (Lipinski definition) is 1. The minimum absolute atomic E-state index is 0.0180. The molecule has 1 unspecified atom stereocenters. The van der Waals surface area contributed by atoms with Crippen LogP contribution in [0, 0.1) is 34.0 Å². The van der Waals surface area contributed by atoms with Crippen molar-refractivity contribution in [2.75, 3.05) is 0 Å². The lowest BCUT2D eigenvalue weighted by Gasteiger charge is -2.66. The van der Waals surface area contributed by atoms with Gasteiger partial charge >= 0.3 is 0 Å². The van der Waals surface area contributed by atoms with Crippen molar-refractivity contribution < 1.29 is 10.1 Å². The van der Waals surface area contributed by atoms with Gasteiger partial charge in [0.15, 0.2) is 0 Å². The SMILES string of the molecule is CCC(C)(C)C(OO)C(CC)(CC)C12CC3CC(CC(C3)C1)C2. The van der Waals surface area contributed by atoms with Crippen molar-refractivity contribution in [3.8, 4) is 0 Å². The second-order valence-electron chi connectivity index (χ2n) is 9.89. The summed E-state index contributed by atoms with van der Waals surface area (Å²) in [5.41, 5.74) is 0.548. The van der Waals surface area contributed by atoms with E-state index in [-0.39, 0.29) is 16.9 Å². The quantitative estimate of drug-likeness (QED) is 0.440. The summed E-state index contributed by atoms with van der Waals surface area (Å²) >= 11 is 0. The van der Waals surface area contributed by atoms with E-state index in [1.807, 2.05) is 0 Å². The molecule has 0 aromatic heterocycles. The molecule has 4 aliphatic carbocycles. The van der Waals surface area contributed by atoms with Crippen LogP contribution in [0.15, 0.2) is 0 Å². The molecule has 134 valence electrons. The van der Waals surface area contributed by atoms with Crippen molar-refractivity contribution in [3.63, 3.8) is 0 Å². The topological polar surface area (TPSA) is 29.5 Å². The van der Waals surface area contributed by atoms with Gasteiger partial charge in [0.25, 0.3) is 0 Å². The average Bonchev–Trinajstić information content (AvgIpc) is 2.50. The fourth-order valence-electron chi connectivity index (χ4n) is 7.55. The Labute approximate surface area is 143 Å². The predicted molar refractivity (Wildman–Crippen MR) is 95.2 cm³/mol. The first-order chi connectivity index (χ1) is 10.9. The Morgan fingerprint density at radius 2 is 1.35 bits per heavy atom.